The topological polar surface area (TPSA) is 0 Å². The average molecular weight is 419 g/mol. The molecule has 0 saturated heterocycles. The molecule has 0 saturated carbocycles. The molecule has 0 aliphatic heterocycles. The van der Waals surface area contributed by atoms with Crippen LogP contribution in [0.25, 0.3) is 0 Å². The Balaban J connectivity index is 3.59. The molecule has 0 heteroatoms. The predicted molar refractivity (Wildman–Crippen MR) is 140 cm³/mol. The molecule has 2 radical (unpaired) electrons. The smallest absolute Gasteiger partial charge is 0.0351 e. The van der Waals surface area contributed by atoms with Crippen molar-refractivity contribution in [1.29, 1.82) is 0 Å². The Morgan fingerprint density at radius 1 is 0.533 bits per heavy atom. The maximum absolute atomic E-state index is 3.94. The van der Waals surface area contributed by atoms with Gasteiger partial charge in [0.15, 0.2) is 0 Å². The summed E-state index contributed by atoms with van der Waals surface area (Å²) >= 11 is 0. The molecule has 0 aromatic carbocycles. The van der Waals surface area contributed by atoms with Crippen molar-refractivity contribution in [3.8, 4) is 0 Å². The lowest BCUT2D eigenvalue weighted by Gasteiger charge is -2.23. The van der Waals surface area contributed by atoms with Crippen LogP contribution < -0.4 is 0 Å². The first-order chi connectivity index (χ1) is 14.8. The Kier molecular flexibility index (Phi) is 24.8. The van der Waals surface area contributed by atoms with Crippen LogP contribution in [0, 0.1) is 25.7 Å². The lowest BCUT2D eigenvalue weighted by atomic mass is 9.83. The van der Waals surface area contributed by atoms with Crippen LogP contribution in [-0.4, -0.2) is 0 Å². The van der Waals surface area contributed by atoms with Crippen molar-refractivity contribution in [2.45, 2.75) is 155 Å². The fourth-order valence-electron chi connectivity index (χ4n) is 4.56. The highest BCUT2D eigenvalue weighted by Gasteiger charge is 2.15. The van der Waals surface area contributed by atoms with Gasteiger partial charge in [-0.2, -0.15) is 0 Å². The lowest BCUT2D eigenvalue weighted by molar-refractivity contribution is 0.288. The molecule has 0 N–H and O–H groups in total. The fraction of sp³-hybridized carbons (Fsp3) is 0.867. The summed E-state index contributed by atoms with van der Waals surface area (Å²) in [4.78, 5) is 0. The van der Waals surface area contributed by atoms with E-state index in [9.17, 15) is 0 Å². The first kappa shape index (κ1) is 29.7. The van der Waals surface area contributed by atoms with Gasteiger partial charge in [0.1, 0.15) is 0 Å². The van der Waals surface area contributed by atoms with E-state index in [2.05, 4.69) is 39.8 Å². The van der Waals surface area contributed by atoms with Gasteiger partial charge < -0.3 is 0 Å². The number of allylic oxidation sites excluding steroid dienone is 2. The molecule has 178 valence electrons. The molecule has 0 fully saturated rings. The molecule has 2 unspecified atom stereocenters. The highest BCUT2D eigenvalue weighted by Crippen LogP contribution is 2.27. The van der Waals surface area contributed by atoms with Crippen LogP contribution in [0.15, 0.2) is 12.2 Å². The summed E-state index contributed by atoms with van der Waals surface area (Å²) in [7, 11) is 0. The lowest BCUT2D eigenvalue weighted by Crippen LogP contribution is -2.11. The van der Waals surface area contributed by atoms with Crippen molar-refractivity contribution in [3.63, 3.8) is 0 Å². The second kappa shape index (κ2) is 25.0. The van der Waals surface area contributed by atoms with E-state index in [1.807, 2.05) is 0 Å². The van der Waals surface area contributed by atoms with Crippen molar-refractivity contribution in [1.82, 2.24) is 0 Å². The number of unbranched alkanes of at least 4 members (excludes halogenated alkanes) is 16. The minimum Gasteiger partial charge on any atom is -0.0885 e. The molecular weight excluding hydrogens is 360 g/mol. The molecule has 0 spiro atoms. The second-order valence-corrected chi connectivity index (χ2v) is 9.78. The standard InChI is InChI=1S/C30H58/c1-5-8-10-12-14-16-17-18-19-20-22-24-26-28-30(29(4)7-3)27-25-23-21-15-13-11-9-6-2/h14,16,29-30H,1-2,5-13,15,17-28H2,3-4H3/b16-14+. The summed E-state index contributed by atoms with van der Waals surface area (Å²) in [5.74, 6) is 1.90. The molecule has 0 nitrogen and oxygen atoms in total. The van der Waals surface area contributed by atoms with Gasteiger partial charge >= 0.3 is 0 Å². The van der Waals surface area contributed by atoms with Crippen LogP contribution in [0.2, 0.25) is 0 Å². The van der Waals surface area contributed by atoms with E-state index >= 15 is 0 Å². The van der Waals surface area contributed by atoms with E-state index in [4.69, 9.17) is 0 Å². The normalized spacial score (nSPS) is 13.9. The van der Waals surface area contributed by atoms with Crippen LogP contribution >= 0.6 is 0 Å². The predicted octanol–water partition coefficient (Wildman–Crippen LogP) is 11.1. The first-order valence-electron chi connectivity index (χ1n) is 14.0. The SMILES string of the molecule is [CH2]CCCC/C=C/CCCCCCCCC(CCCCCCCCC[CH2])C(C)CC. The quantitative estimate of drug-likeness (QED) is 0.108. The van der Waals surface area contributed by atoms with Crippen molar-refractivity contribution in [2.75, 3.05) is 0 Å². The second-order valence-electron chi connectivity index (χ2n) is 9.78. The van der Waals surface area contributed by atoms with Crippen LogP contribution in [0.3, 0.4) is 0 Å². The van der Waals surface area contributed by atoms with Crippen LogP contribution in [0.1, 0.15) is 155 Å². The van der Waals surface area contributed by atoms with Gasteiger partial charge in [-0.3, -0.25) is 0 Å². The Bertz CT molecular complexity index is 329. The molecular formula is C30H58. The summed E-state index contributed by atoms with van der Waals surface area (Å²) in [5.41, 5.74) is 0. The summed E-state index contributed by atoms with van der Waals surface area (Å²) in [5, 5.41) is 0. The molecule has 2 atom stereocenters. The number of hydrogen-bond acceptors (Lipinski definition) is 0. The van der Waals surface area contributed by atoms with E-state index in [-0.39, 0.29) is 0 Å². The van der Waals surface area contributed by atoms with Crippen molar-refractivity contribution in [2.24, 2.45) is 11.8 Å². The Labute approximate surface area is 193 Å². The van der Waals surface area contributed by atoms with Crippen LogP contribution in [-0.2, 0) is 0 Å². The molecule has 0 heterocycles. The molecule has 0 rings (SSSR count). The minimum absolute atomic E-state index is 0.919. The van der Waals surface area contributed by atoms with Gasteiger partial charge in [0, 0.05) is 0 Å². The van der Waals surface area contributed by atoms with Crippen LogP contribution in [0.5, 0.6) is 0 Å². The zero-order valence-electron chi connectivity index (χ0n) is 21.3. The van der Waals surface area contributed by atoms with E-state index in [0.29, 0.717) is 0 Å². The third-order valence-corrected chi connectivity index (χ3v) is 7.01. The summed E-state index contributed by atoms with van der Waals surface area (Å²) in [6, 6.07) is 0. The monoisotopic (exact) mass is 418 g/mol. The Morgan fingerprint density at radius 3 is 1.37 bits per heavy atom. The van der Waals surface area contributed by atoms with E-state index in [0.717, 1.165) is 24.7 Å². The van der Waals surface area contributed by atoms with Gasteiger partial charge in [-0.1, -0.05) is 155 Å². The van der Waals surface area contributed by atoms with E-state index in [1.165, 1.54) is 128 Å². The zero-order chi connectivity index (χ0) is 22.1. The van der Waals surface area contributed by atoms with Crippen molar-refractivity contribution >= 4 is 0 Å². The summed E-state index contributed by atoms with van der Waals surface area (Å²) in [6.45, 7) is 12.7. The molecule has 0 aromatic rings. The molecule has 0 amide bonds. The van der Waals surface area contributed by atoms with Crippen molar-refractivity contribution < 1.29 is 0 Å². The first-order valence-corrected chi connectivity index (χ1v) is 14.0. The molecule has 0 aliphatic rings. The van der Waals surface area contributed by atoms with Gasteiger partial charge in [-0.15, -0.1) is 0 Å². The average Bonchev–Trinajstić information content (AvgIpc) is 2.76. The van der Waals surface area contributed by atoms with E-state index in [1.54, 1.807) is 0 Å². The Morgan fingerprint density at radius 2 is 0.900 bits per heavy atom. The number of rotatable bonds is 24. The highest BCUT2D eigenvalue weighted by atomic mass is 14.2. The zero-order valence-corrected chi connectivity index (χ0v) is 21.3. The minimum atomic E-state index is 0.919. The van der Waals surface area contributed by atoms with Gasteiger partial charge in [0.25, 0.3) is 0 Å². The van der Waals surface area contributed by atoms with Crippen molar-refractivity contribution in [3.05, 3.63) is 26.0 Å². The highest BCUT2D eigenvalue weighted by molar-refractivity contribution is 4.81. The maximum atomic E-state index is 3.94. The fourth-order valence-corrected chi connectivity index (χ4v) is 4.56. The summed E-state index contributed by atoms with van der Waals surface area (Å²) < 4.78 is 0. The largest absolute Gasteiger partial charge is 0.0885 e. The molecule has 0 aliphatic carbocycles. The molecule has 0 bridgehead atoms. The maximum Gasteiger partial charge on any atom is -0.0351 e. The third kappa shape index (κ3) is 21.0. The Hall–Kier alpha value is -0.260. The van der Waals surface area contributed by atoms with Gasteiger partial charge in [0.2, 0.25) is 0 Å². The molecule has 30 heavy (non-hydrogen) atoms. The van der Waals surface area contributed by atoms with E-state index < -0.39 is 0 Å². The molecule has 0 aromatic heterocycles. The van der Waals surface area contributed by atoms with Gasteiger partial charge in [0.05, 0.1) is 0 Å². The van der Waals surface area contributed by atoms with Gasteiger partial charge in [-0.25, -0.2) is 0 Å². The van der Waals surface area contributed by atoms with Crippen LogP contribution in [0.4, 0.5) is 0 Å². The number of hydrogen-bond donors (Lipinski definition) is 0. The van der Waals surface area contributed by atoms with Gasteiger partial charge in [-0.05, 0) is 37.5 Å². The summed E-state index contributed by atoms with van der Waals surface area (Å²) in [6.07, 6.45) is 35.0. The third-order valence-electron chi connectivity index (χ3n) is 7.01.